The van der Waals surface area contributed by atoms with Crippen molar-refractivity contribution >= 4 is 0 Å². The molecule has 0 aromatic heterocycles. The fourth-order valence-corrected chi connectivity index (χ4v) is 2.69. The number of hydrogen-bond donors (Lipinski definition) is 1. The zero-order valence-corrected chi connectivity index (χ0v) is 10.5. The Kier molecular flexibility index (Phi) is 3.69. The second kappa shape index (κ2) is 5.07. The van der Waals surface area contributed by atoms with Crippen LogP contribution in [0.4, 0.5) is 0 Å². The standard InChI is InChI=1S/C14H20O3/c1-16-13-6-8-14(17-2,9-7-13)11-4-3-5-12(15)10-11/h3-5,10,13,15H,6-9H2,1-2H3/t13-,14-. The van der Waals surface area contributed by atoms with Gasteiger partial charge < -0.3 is 14.6 Å². The SMILES string of the molecule is CO[C@H]1CC[C@@](OC)(c2cccc(O)c2)CC1. The topological polar surface area (TPSA) is 38.7 Å². The maximum atomic E-state index is 9.57. The highest BCUT2D eigenvalue weighted by Crippen LogP contribution is 2.41. The average Bonchev–Trinajstić information content (AvgIpc) is 2.39. The second-order valence-corrected chi connectivity index (χ2v) is 4.68. The zero-order chi connectivity index (χ0) is 12.3. The van der Waals surface area contributed by atoms with Gasteiger partial charge in [0.1, 0.15) is 5.75 Å². The smallest absolute Gasteiger partial charge is 0.115 e. The van der Waals surface area contributed by atoms with E-state index in [4.69, 9.17) is 9.47 Å². The van der Waals surface area contributed by atoms with Crippen molar-refractivity contribution in [2.24, 2.45) is 0 Å². The molecule has 0 saturated heterocycles. The van der Waals surface area contributed by atoms with Crippen molar-refractivity contribution in [1.82, 2.24) is 0 Å². The number of hydrogen-bond acceptors (Lipinski definition) is 3. The Balaban J connectivity index is 2.21. The van der Waals surface area contributed by atoms with Crippen LogP contribution in [0, 0.1) is 0 Å². The van der Waals surface area contributed by atoms with Crippen LogP contribution in [0.15, 0.2) is 24.3 Å². The van der Waals surface area contributed by atoms with Crippen LogP contribution in [0.3, 0.4) is 0 Å². The first-order valence-electron chi connectivity index (χ1n) is 6.07. The second-order valence-electron chi connectivity index (χ2n) is 4.68. The third-order valence-electron chi connectivity index (χ3n) is 3.84. The minimum absolute atomic E-state index is 0.256. The minimum atomic E-state index is -0.256. The molecule has 1 aliphatic carbocycles. The summed E-state index contributed by atoms with van der Waals surface area (Å²) in [5.74, 6) is 0.299. The molecule has 17 heavy (non-hydrogen) atoms. The van der Waals surface area contributed by atoms with Crippen LogP contribution in [-0.2, 0) is 15.1 Å². The van der Waals surface area contributed by atoms with E-state index in [-0.39, 0.29) is 5.60 Å². The highest BCUT2D eigenvalue weighted by Gasteiger charge is 2.37. The predicted octanol–water partition coefficient (Wildman–Crippen LogP) is 2.82. The molecule has 2 rings (SSSR count). The van der Waals surface area contributed by atoms with E-state index in [0.29, 0.717) is 11.9 Å². The van der Waals surface area contributed by atoms with E-state index >= 15 is 0 Å². The highest BCUT2D eigenvalue weighted by molar-refractivity contribution is 5.32. The van der Waals surface area contributed by atoms with E-state index in [1.165, 1.54) is 0 Å². The normalized spacial score (nSPS) is 29.2. The molecule has 0 unspecified atom stereocenters. The first-order chi connectivity index (χ1) is 8.20. The number of benzene rings is 1. The lowest BCUT2D eigenvalue weighted by Gasteiger charge is -2.39. The van der Waals surface area contributed by atoms with Crippen LogP contribution in [0.2, 0.25) is 0 Å². The molecule has 1 aromatic rings. The first kappa shape index (κ1) is 12.4. The van der Waals surface area contributed by atoms with Gasteiger partial charge in [-0.05, 0) is 43.4 Å². The van der Waals surface area contributed by atoms with Gasteiger partial charge >= 0.3 is 0 Å². The Morgan fingerprint density at radius 1 is 1.24 bits per heavy atom. The van der Waals surface area contributed by atoms with Gasteiger partial charge in [-0.15, -0.1) is 0 Å². The molecule has 0 spiro atoms. The van der Waals surface area contributed by atoms with Gasteiger partial charge in [0.2, 0.25) is 0 Å². The Bertz CT molecular complexity index is 367. The minimum Gasteiger partial charge on any atom is -0.508 e. The van der Waals surface area contributed by atoms with E-state index in [9.17, 15) is 5.11 Å². The van der Waals surface area contributed by atoms with Crippen LogP contribution in [0.1, 0.15) is 31.2 Å². The summed E-state index contributed by atoms with van der Waals surface area (Å²) in [6, 6.07) is 7.38. The van der Waals surface area contributed by atoms with Crippen molar-refractivity contribution in [3.63, 3.8) is 0 Å². The maximum Gasteiger partial charge on any atom is 0.115 e. The van der Waals surface area contributed by atoms with Gasteiger partial charge in [-0.25, -0.2) is 0 Å². The molecule has 1 aliphatic rings. The maximum absolute atomic E-state index is 9.57. The number of rotatable bonds is 3. The lowest BCUT2D eigenvalue weighted by atomic mass is 9.78. The molecular formula is C14H20O3. The van der Waals surface area contributed by atoms with E-state index in [1.54, 1.807) is 26.4 Å². The summed E-state index contributed by atoms with van der Waals surface area (Å²) in [5.41, 5.74) is 0.808. The van der Waals surface area contributed by atoms with Crippen molar-refractivity contribution in [2.45, 2.75) is 37.4 Å². The van der Waals surface area contributed by atoms with E-state index in [2.05, 4.69) is 0 Å². The van der Waals surface area contributed by atoms with Gasteiger partial charge in [0.15, 0.2) is 0 Å². The molecule has 0 radical (unpaired) electrons. The van der Waals surface area contributed by atoms with Crippen LogP contribution in [0.25, 0.3) is 0 Å². The molecule has 1 aromatic carbocycles. The van der Waals surface area contributed by atoms with Crippen LogP contribution in [-0.4, -0.2) is 25.4 Å². The van der Waals surface area contributed by atoms with Crippen molar-refractivity contribution in [3.05, 3.63) is 29.8 Å². The van der Waals surface area contributed by atoms with Gasteiger partial charge in [0.05, 0.1) is 11.7 Å². The molecule has 1 saturated carbocycles. The Labute approximate surface area is 102 Å². The van der Waals surface area contributed by atoms with Crippen LogP contribution < -0.4 is 0 Å². The van der Waals surface area contributed by atoms with E-state index in [0.717, 1.165) is 31.2 Å². The molecule has 3 heteroatoms. The Hall–Kier alpha value is -1.06. The van der Waals surface area contributed by atoms with Crippen molar-refractivity contribution in [3.8, 4) is 5.75 Å². The highest BCUT2D eigenvalue weighted by atomic mass is 16.5. The molecule has 1 N–H and O–H groups in total. The molecule has 94 valence electrons. The van der Waals surface area contributed by atoms with Gasteiger partial charge in [-0.1, -0.05) is 12.1 Å². The van der Waals surface area contributed by atoms with Gasteiger partial charge in [0, 0.05) is 14.2 Å². The number of ether oxygens (including phenoxy) is 2. The summed E-state index contributed by atoms with van der Waals surface area (Å²) in [6.07, 6.45) is 4.22. The van der Waals surface area contributed by atoms with Crippen LogP contribution >= 0.6 is 0 Å². The van der Waals surface area contributed by atoms with E-state index < -0.39 is 0 Å². The van der Waals surface area contributed by atoms with Gasteiger partial charge in [-0.2, -0.15) is 0 Å². The molecule has 0 amide bonds. The number of phenolic OH excluding ortho intramolecular Hbond substituents is 1. The largest absolute Gasteiger partial charge is 0.508 e. The van der Waals surface area contributed by atoms with Gasteiger partial charge in [0.25, 0.3) is 0 Å². The monoisotopic (exact) mass is 236 g/mol. The molecular weight excluding hydrogens is 216 g/mol. The Morgan fingerprint density at radius 2 is 1.94 bits per heavy atom. The third-order valence-corrected chi connectivity index (χ3v) is 3.84. The zero-order valence-electron chi connectivity index (χ0n) is 10.5. The molecule has 0 bridgehead atoms. The number of methoxy groups -OCH3 is 2. The fraction of sp³-hybridized carbons (Fsp3) is 0.571. The Morgan fingerprint density at radius 3 is 2.47 bits per heavy atom. The summed E-state index contributed by atoms with van der Waals surface area (Å²) < 4.78 is 11.1. The first-order valence-corrected chi connectivity index (χ1v) is 6.07. The molecule has 0 atom stereocenters. The van der Waals surface area contributed by atoms with Crippen LogP contribution in [0.5, 0.6) is 5.75 Å². The van der Waals surface area contributed by atoms with E-state index in [1.807, 2.05) is 12.1 Å². The summed E-state index contributed by atoms with van der Waals surface area (Å²) in [7, 11) is 3.51. The van der Waals surface area contributed by atoms with Crippen molar-refractivity contribution < 1.29 is 14.6 Å². The number of aromatic hydroxyl groups is 1. The summed E-state index contributed by atoms with van der Waals surface area (Å²) >= 11 is 0. The summed E-state index contributed by atoms with van der Waals surface area (Å²) in [6.45, 7) is 0. The average molecular weight is 236 g/mol. The van der Waals surface area contributed by atoms with Crippen molar-refractivity contribution in [1.29, 1.82) is 0 Å². The molecule has 0 aliphatic heterocycles. The molecule has 1 fully saturated rings. The number of phenols is 1. The van der Waals surface area contributed by atoms with Gasteiger partial charge in [-0.3, -0.25) is 0 Å². The summed E-state index contributed by atoms with van der Waals surface area (Å²) in [5, 5.41) is 9.57. The van der Waals surface area contributed by atoms with Crippen molar-refractivity contribution in [2.75, 3.05) is 14.2 Å². The lowest BCUT2D eigenvalue weighted by molar-refractivity contribution is -0.0762. The molecule has 0 heterocycles. The quantitative estimate of drug-likeness (QED) is 0.877. The predicted molar refractivity (Wildman–Crippen MR) is 66.1 cm³/mol. The summed E-state index contributed by atoms with van der Waals surface area (Å²) in [4.78, 5) is 0. The fourth-order valence-electron chi connectivity index (χ4n) is 2.69. The third kappa shape index (κ3) is 2.45. The lowest BCUT2D eigenvalue weighted by Crippen LogP contribution is -2.35. The molecule has 3 nitrogen and oxygen atoms in total.